The van der Waals surface area contributed by atoms with E-state index in [9.17, 15) is 0 Å². The maximum atomic E-state index is 6.15. The monoisotopic (exact) mass is 322 g/mol. The number of rotatable bonds is 4. The molecule has 3 rings (SSSR count). The number of nitrogens with zero attached hydrogens (tertiary/aromatic N) is 1. The Morgan fingerprint density at radius 1 is 1.32 bits per heavy atom. The van der Waals surface area contributed by atoms with Crippen LogP contribution in [0, 0.1) is 5.92 Å². The minimum absolute atomic E-state index is 0.119. The molecule has 1 saturated carbocycles. The van der Waals surface area contributed by atoms with Crippen molar-refractivity contribution in [2.45, 2.75) is 44.2 Å². The van der Waals surface area contributed by atoms with Gasteiger partial charge in [-0.05, 0) is 56.2 Å². The third-order valence-corrected chi connectivity index (χ3v) is 5.57. The second-order valence-electron chi connectivity index (χ2n) is 6.49. The van der Waals surface area contributed by atoms with E-state index < -0.39 is 0 Å². The summed E-state index contributed by atoms with van der Waals surface area (Å²) in [5.74, 6) is 0.931. The fourth-order valence-electron chi connectivity index (χ4n) is 3.92. The van der Waals surface area contributed by atoms with Crippen LogP contribution in [0.2, 0.25) is 0 Å². The maximum absolute atomic E-state index is 6.15. The molecule has 0 spiro atoms. The Bertz CT molecular complexity index is 445. The summed E-state index contributed by atoms with van der Waals surface area (Å²) in [7, 11) is 0. The summed E-state index contributed by atoms with van der Waals surface area (Å²) in [5.41, 5.74) is 7.65. The Morgan fingerprint density at radius 3 is 2.58 bits per heavy atom. The summed E-state index contributed by atoms with van der Waals surface area (Å²) in [6.07, 6.45) is 5.26. The molecule has 3 unspecified atom stereocenters. The van der Waals surface area contributed by atoms with E-state index in [-0.39, 0.29) is 5.54 Å². The second-order valence-corrected chi connectivity index (χ2v) is 7.41. The first-order valence-corrected chi connectivity index (χ1v) is 8.11. The van der Waals surface area contributed by atoms with Crippen molar-refractivity contribution in [2.24, 2.45) is 11.7 Å². The molecule has 2 bridgehead atoms. The quantitative estimate of drug-likeness (QED) is 0.922. The molecule has 3 heteroatoms. The zero-order valence-corrected chi connectivity index (χ0v) is 13.2. The molecule has 19 heavy (non-hydrogen) atoms. The van der Waals surface area contributed by atoms with Crippen molar-refractivity contribution in [3.05, 3.63) is 34.3 Å². The third-order valence-electron chi connectivity index (χ3n) is 5.04. The van der Waals surface area contributed by atoms with E-state index in [2.05, 4.69) is 52.0 Å². The van der Waals surface area contributed by atoms with Crippen LogP contribution in [0.5, 0.6) is 0 Å². The smallest absolute Gasteiger partial charge is 0.0346 e. The van der Waals surface area contributed by atoms with E-state index in [0.717, 1.165) is 29.4 Å². The number of fused-ring (bicyclic) bond motifs is 2. The maximum Gasteiger partial charge on any atom is 0.0346 e. The fraction of sp³-hybridized carbons (Fsp3) is 0.625. The normalized spacial score (nSPS) is 29.6. The molecule has 1 aromatic carbocycles. The van der Waals surface area contributed by atoms with E-state index in [4.69, 9.17) is 5.73 Å². The van der Waals surface area contributed by atoms with Gasteiger partial charge in [0.15, 0.2) is 0 Å². The van der Waals surface area contributed by atoms with Crippen molar-refractivity contribution >= 4 is 15.9 Å². The van der Waals surface area contributed by atoms with Crippen LogP contribution >= 0.6 is 15.9 Å². The molecule has 1 aliphatic carbocycles. The van der Waals surface area contributed by atoms with Crippen LogP contribution in [-0.4, -0.2) is 29.6 Å². The van der Waals surface area contributed by atoms with Crippen LogP contribution in [0.3, 0.4) is 0 Å². The predicted octanol–water partition coefficient (Wildman–Crippen LogP) is 3.19. The lowest BCUT2D eigenvalue weighted by Gasteiger charge is -2.43. The highest BCUT2D eigenvalue weighted by atomic mass is 79.9. The molecule has 0 amide bonds. The third kappa shape index (κ3) is 2.61. The molecule has 1 aliphatic heterocycles. The van der Waals surface area contributed by atoms with Crippen LogP contribution < -0.4 is 5.73 Å². The van der Waals surface area contributed by atoms with Crippen LogP contribution in [-0.2, 0) is 6.42 Å². The van der Waals surface area contributed by atoms with Gasteiger partial charge in [-0.25, -0.2) is 0 Å². The van der Waals surface area contributed by atoms with Gasteiger partial charge in [-0.3, -0.25) is 4.90 Å². The number of piperidine rings is 1. The van der Waals surface area contributed by atoms with Gasteiger partial charge >= 0.3 is 0 Å². The van der Waals surface area contributed by atoms with Crippen molar-refractivity contribution in [1.29, 1.82) is 0 Å². The first kappa shape index (κ1) is 13.6. The van der Waals surface area contributed by atoms with E-state index in [1.54, 1.807) is 0 Å². The Kier molecular flexibility index (Phi) is 3.71. The van der Waals surface area contributed by atoms with Gasteiger partial charge in [0.05, 0.1) is 0 Å². The fourth-order valence-corrected chi connectivity index (χ4v) is 4.18. The number of likely N-dealkylation sites (tertiary alicyclic amines) is 1. The van der Waals surface area contributed by atoms with E-state index in [1.807, 2.05) is 0 Å². The Labute approximate surface area is 124 Å². The van der Waals surface area contributed by atoms with Crippen molar-refractivity contribution in [3.63, 3.8) is 0 Å². The molecule has 0 aromatic heterocycles. The first-order valence-electron chi connectivity index (χ1n) is 7.32. The van der Waals surface area contributed by atoms with Crippen LogP contribution in [0.15, 0.2) is 28.7 Å². The lowest BCUT2D eigenvalue weighted by molar-refractivity contribution is 0.0746. The van der Waals surface area contributed by atoms with Gasteiger partial charge in [-0.2, -0.15) is 0 Å². The number of hydrogen-bond donors (Lipinski definition) is 1. The lowest BCUT2D eigenvalue weighted by atomic mass is 9.89. The summed E-state index contributed by atoms with van der Waals surface area (Å²) in [4.78, 5) is 2.70. The topological polar surface area (TPSA) is 29.3 Å². The van der Waals surface area contributed by atoms with Gasteiger partial charge in [0.2, 0.25) is 0 Å². The molecular formula is C16H23BrN2. The van der Waals surface area contributed by atoms with Gasteiger partial charge in [0.1, 0.15) is 0 Å². The number of halogens is 1. The predicted molar refractivity (Wildman–Crippen MR) is 83.1 cm³/mol. The first-order chi connectivity index (χ1) is 9.10. The van der Waals surface area contributed by atoms with Gasteiger partial charge in [0.25, 0.3) is 0 Å². The molecule has 1 heterocycles. The number of benzene rings is 1. The molecule has 2 aliphatic rings. The Morgan fingerprint density at radius 2 is 2.05 bits per heavy atom. The molecule has 2 fully saturated rings. The highest BCUT2D eigenvalue weighted by Crippen LogP contribution is 2.41. The van der Waals surface area contributed by atoms with Crippen molar-refractivity contribution in [1.82, 2.24) is 4.90 Å². The molecule has 1 aromatic rings. The zero-order chi connectivity index (χ0) is 13.5. The molecule has 1 saturated heterocycles. The summed E-state index contributed by atoms with van der Waals surface area (Å²) in [6, 6.07) is 9.47. The van der Waals surface area contributed by atoms with Gasteiger partial charge in [-0.1, -0.05) is 28.1 Å². The second kappa shape index (κ2) is 5.19. The highest BCUT2D eigenvalue weighted by Gasteiger charge is 2.45. The molecule has 3 atom stereocenters. The Balaban J connectivity index is 1.77. The average Bonchev–Trinajstić information content (AvgIpc) is 3.04. The summed E-state index contributed by atoms with van der Waals surface area (Å²) in [6.45, 7) is 4.34. The van der Waals surface area contributed by atoms with Crippen molar-refractivity contribution < 1.29 is 0 Å². The lowest BCUT2D eigenvalue weighted by Crippen LogP contribution is -2.56. The van der Waals surface area contributed by atoms with Crippen molar-refractivity contribution in [3.8, 4) is 0 Å². The van der Waals surface area contributed by atoms with E-state index in [1.165, 1.54) is 31.4 Å². The van der Waals surface area contributed by atoms with Crippen LogP contribution in [0.4, 0.5) is 0 Å². The molecule has 104 valence electrons. The Hall–Kier alpha value is -0.380. The van der Waals surface area contributed by atoms with E-state index in [0.29, 0.717) is 0 Å². The van der Waals surface area contributed by atoms with E-state index >= 15 is 0 Å². The summed E-state index contributed by atoms with van der Waals surface area (Å²) < 4.78 is 1.14. The molecular weight excluding hydrogens is 300 g/mol. The average molecular weight is 323 g/mol. The van der Waals surface area contributed by atoms with Gasteiger partial charge < -0.3 is 5.73 Å². The summed E-state index contributed by atoms with van der Waals surface area (Å²) >= 11 is 3.50. The largest absolute Gasteiger partial charge is 0.329 e. The molecule has 2 nitrogen and oxygen atoms in total. The van der Waals surface area contributed by atoms with Crippen molar-refractivity contribution in [2.75, 3.05) is 13.1 Å². The number of nitrogens with two attached hydrogens (primary N) is 1. The summed E-state index contributed by atoms with van der Waals surface area (Å²) in [5, 5.41) is 0. The SMILES string of the molecule is CC(CN)(Cc1ccc(Br)cc1)N1CC2CCC1C2. The minimum atomic E-state index is 0.119. The van der Waals surface area contributed by atoms with Gasteiger partial charge in [-0.15, -0.1) is 0 Å². The zero-order valence-electron chi connectivity index (χ0n) is 11.6. The van der Waals surface area contributed by atoms with Crippen LogP contribution in [0.1, 0.15) is 31.7 Å². The molecule has 2 N–H and O–H groups in total. The molecule has 0 radical (unpaired) electrons. The minimum Gasteiger partial charge on any atom is -0.329 e. The highest BCUT2D eigenvalue weighted by molar-refractivity contribution is 9.10. The number of hydrogen-bond acceptors (Lipinski definition) is 2. The van der Waals surface area contributed by atoms with Gasteiger partial charge in [0, 0.05) is 29.1 Å². The standard InChI is InChI=1S/C16H23BrN2/c1-16(11-18,9-12-2-5-14(17)6-3-12)19-10-13-4-7-15(19)8-13/h2-3,5-6,13,15H,4,7-11,18H2,1H3. The van der Waals surface area contributed by atoms with Crippen LogP contribution in [0.25, 0.3) is 0 Å².